The third-order valence-corrected chi connectivity index (χ3v) is 5.44. The number of H-pyrrole nitrogens is 1. The van der Waals surface area contributed by atoms with Crippen molar-refractivity contribution in [3.8, 4) is 11.4 Å². The Labute approximate surface area is 177 Å². The standard InChI is InChI=1S/C23H20FN5O2/c1-12-19(15-6-3-7-16(21(25)30)20(15)27-12)23-28-18-11-31-10-17(18)22(29-23)26-9-13-4-2-5-14(24)8-13/h2-8,27H,9-11H2,1H3,(H2,25,30)(H,26,28,29). The highest BCUT2D eigenvalue weighted by Crippen LogP contribution is 2.35. The van der Waals surface area contributed by atoms with Crippen molar-refractivity contribution in [2.24, 2.45) is 5.73 Å². The van der Waals surface area contributed by atoms with Crippen LogP contribution in [0, 0.1) is 12.7 Å². The van der Waals surface area contributed by atoms with Crippen LogP contribution < -0.4 is 11.1 Å². The fourth-order valence-corrected chi connectivity index (χ4v) is 3.98. The van der Waals surface area contributed by atoms with Crippen LogP contribution in [0.25, 0.3) is 22.3 Å². The number of aromatic nitrogens is 3. The molecule has 3 heterocycles. The Hall–Kier alpha value is -3.78. The Morgan fingerprint density at radius 2 is 2.06 bits per heavy atom. The SMILES string of the molecule is Cc1[nH]c2c(C(N)=O)cccc2c1-c1nc2c(c(NCc3cccc(F)c3)n1)COC2. The van der Waals surface area contributed by atoms with Crippen molar-refractivity contribution in [2.75, 3.05) is 5.32 Å². The van der Waals surface area contributed by atoms with E-state index in [1.165, 1.54) is 12.1 Å². The van der Waals surface area contributed by atoms with Gasteiger partial charge in [-0.05, 0) is 30.7 Å². The van der Waals surface area contributed by atoms with Crippen LogP contribution >= 0.6 is 0 Å². The van der Waals surface area contributed by atoms with Gasteiger partial charge < -0.3 is 20.8 Å². The lowest BCUT2D eigenvalue weighted by Crippen LogP contribution is -2.11. The zero-order valence-electron chi connectivity index (χ0n) is 16.8. The van der Waals surface area contributed by atoms with E-state index >= 15 is 0 Å². The van der Waals surface area contributed by atoms with Crippen LogP contribution in [-0.4, -0.2) is 20.9 Å². The van der Waals surface area contributed by atoms with Gasteiger partial charge in [-0.3, -0.25) is 4.79 Å². The Balaban J connectivity index is 1.60. The van der Waals surface area contributed by atoms with Crippen molar-refractivity contribution in [3.05, 3.63) is 76.4 Å². The fourth-order valence-electron chi connectivity index (χ4n) is 3.98. The summed E-state index contributed by atoms with van der Waals surface area (Å²) in [6.45, 7) is 3.14. The van der Waals surface area contributed by atoms with Crippen molar-refractivity contribution in [3.63, 3.8) is 0 Å². The first-order valence-corrected chi connectivity index (χ1v) is 9.88. The summed E-state index contributed by atoms with van der Waals surface area (Å²) in [6, 6.07) is 11.8. The third kappa shape index (κ3) is 3.40. The number of carbonyl (C=O) groups is 1. The van der Waals surface area contributed by atoms with Crippen molar-refractivity contribution >= 4 is 22.6 Å². The van der Waals surface area contributed by atoms with E-state index < -0.39 is 5.91 Å². The van der Waals surface area contributed by atoms with E-state index in [0.29, 0.717) is 42.5 Å². The quantitative estimate of drug-likeness (QED) is 0.458. The Morgan fingerprint density at radius 3 is 2.87 bits per heavy atom. The molecule has 0 atom stereocenters. The van der Waals surface area contributed by atoms with Crippen LogP contribution in [0.1, 0.15) is 32.9 Å². The number of aromatic amines is 1. The second kappa shape index (κ2) is 7.48. The number of carbonyl (C=O) groups excluding carboxylic acids is 1. The molecule has 0 radical (unpaired) electrons. The van der Waals surface area contributed by atoms with Crippen LogP contribution in [0.15, 0.2) is 42.5 Å². The number of rotatable bonds is 5. The maximum absolute atomic E-state index is 13.5. The van der Waals surface area contributed by atoms with E-state index in [0.717, 1.165) is 33.5 Å². The molecule has 0 saturated carbocycles. The number of ether oxygens (including phenoxy) is 1. The Kier molecular flexibility index (Phi) is 4.63. The number of para-hydroxylation sites is 1. The lowest BCUT2D eigenvalue weighted by atomic mass is 10.1. The molecule has 0 fully saturated rings. The number of hydrogen-bond donors (Lipinski definition) is 3. The van der Waals surface area contributed by atoms with Crippen molar-refractivity contribution in [2.45, 2.75) is 26.7 Å². The van der Waals surface area contributed by atoms with Crippen molar-refractivity contribution in [1.82, 2.24) is 15.0 Å². The van der Waals surface area contributed by atoms with Gasteiger partial charge in [-0.1, -0.05) is 24.3 Å². The summed E-state index contributed by atoms with van der Waals surface area (Å²) in [5, 5.41) is 4.13. The molecule has 2 aromatic carbocycles. The van der Waals surface area contributed by atoms with E-state index in [2.05, 4.69) is 10.3 Å². The summed E-state index contributed by atoms with van der Waals surface area (Å²) in [4.78, 5) is 24.6. The van der Waals surface area contributed by atoms with Gasteiger partial charge in [0, 0.05) is 28.8 Å². The second-order valence-corrected chi connectivity index (χ2v) is 7.51. The monoisotopic (exact) mass is 417 g/mol. The average Bonchev–Trinajstić information content (AvgIpc) is 3.35. The van der Waals surface area contributed by atoms with Gasteiger partial charge >= 0.3 is 0 Å². The highest BCUT2D eigenvalue weighted by Gasteiger charge is 2.23. The maximum Gasteiger partial charge on any atom is 0.250 e. The summed E-state index contributed by atoms with van der Waals surface area (Å²) in [5.74, 6) is 0.396. The summed E-state index contributed by atoms with van der Waals surface area (Å²) in [7, 11) is 0. The molecule has 31 heavy (non-hydrogen) atoms. The number of fused-ring (bicyclic) bond motifs is 2. The Morgan fingerprint density at radius 1 is 1.23 bits per heavy atom. The predicted molar refractivity (Wildman–Crippen MR) is 115 cm³/mol. The minimum Gasteiger partial charge on any atom is -0.370 e. The van der Waals surface area contributed by atoms with Crippen LogP contribution in [0.4, 0.5) is 10.2 Å². The van der Waals surface area contributed by atoms with Gasteiger partial charge in [-0.25, -0.2) is 14.4 Å². The zero-order chi connectivity index (χ0) is 21.5. The number of aryl methyl sites for hydroxylation is 1. The van der Waals surface area contributed by atoms with Gasteiger partial charge in [0.15, 0.2) is 5.82 Å². The first-order valence-electron chi connectivity index (χ1n) is 9.88. The molecule has 0 aliphatic carbocycles. The molecule has 0 unspecified atom stereocenters. The first kappa shape index (κ1) is 19.2. The number of halogens is 1. The van der Waals surface area contributed by atoms with Crippen LogP contribution in [-0.2, 0) is 24.5 Å². The van der Waals surface area contributed by atoms with Crippen LogP contribution in [0.5, 0.6) is 0 Å². The van der Waals surface area contributed by atoms with E-state index in [-0.39, 0.29) is 5.82 Å². The van der Waals surface area contributed by atoms with Gasteiger partial charge in [0.05, 0.1) is 30.0 Å². The molecule has 5 rings (SSSR count). The Bertz CT molecular complexity index is 1330. The number of primary amides is 1. The predicted octanol–water partition coefficient (Wildman–Crippen LogP) is 3.81. The molecule has 1 aliphatic rings. The number of benzene rings is 2. The van der Waals surface area contributed by atoms with Gasteiger partial charge in [0.1, 0.15) is 11.6 Å². The molecule has 0 spiro atoms. The summed E-state index contributed by atoms with van der Waals surface area (Å²) < 4.78 is 19.1. The van der Waals surface area contributed by atoms with E-state index in [1.54, 1.807) is 18.2 Å². The molecule has 1 amide bonds. The number of nitrogens with two attached hydrogens (primary N) is 1. The smallest absolute Gasteiger partial charge is 0.250 e. The third-order valence-electron chi connectivity index (χ3n) is 5.44. The maximum atomic E-state index is 13.5. The summed E-state index contributed by atoms with van der Waals surface area (Å²) in [5.41, 5.74) is 10.8. The first-order chi connectivity index (χ1) is 15.0. The molecular formula is C23H20FN5O2. The number of anilines is 1. The topological polar surface area (TPSA) is 106 Å². The number of nitrogens with one attached hydrogen (secondary N) is 2. The normalized spacial score (nSPS) is 12.8. The number of hydrogen-bond acceptors (Lipinski definition) is 5. The van der Waals surface area contributed by atoms with Crippen LogP contribution in [0.3, 0.4) is 0 Å². The van der Waals surface area contributed by atoms with E-state index in [4.69, 9.17) is 20.4 Å². The van der Waals surface area contributed by atoms with E-state index in [1.807, 2.05) is 19.1 Å². The highest BCUT2D eigenvalue weighted by molar-refractivity contribution is 6.09. The molecular weight excluding hydrogens is 397 g/mol. The molecule has 7 nitrogen and oxygen atoms in total. The van der Waals surface area contributed by atoms with Crippen LogP contribution in [0.2, 0.25) is 0 Å². The molecule has 0 bridgehead atoms. The molecule has 4 aromatic rings. The van der Waals surface area contributed by atoms with Gasteiger partial charge in [-0.15, -0.1) is 0 Å². The highest BCUT2D eigenvalue weighted by atomic mass is 19.1. The van der Waals surface area contributed by atoms with Gasteiger partial charge in [0.2, 0.25) is 0 Å². The lowest BCUT2D eigenvalue weighted by Gasteiger charge is -2.12. The zero-order valence-corrected chi connectivity index (χ0v) is 16.8. The molecule has 8 heteroatoms. The minimum atomic E-state index is -0.501. The summed E-state index contributed by atoms with van der Waals surface area (Å²) >= 11 is 0. The van der Waals surface area contributed by atoms with Crippen molar-refractivity contribution < 1.29 is 13.9 Å². The van der Waals surface area contributed by atoms with Crippen molar-refractivity contribution in [1.29, 1.82) is 0 Å². The number of amides is 1. The molecule has 156 valence electrons. The summed E-state index contributed by atoms with van der Waals surface area (Å²) in [6.07, 6.45) is 0. The molecule has 0 saturated heterocycles. The minimum absolute atomic E-state index is 0.282. The second-order valence-electron chi connectivity index (χ2n) is 7.51. The molecule has 1 aliphatic heterocycles. The largest absolute Gasteiger partial charge is 0.370 e. The average molecular weight is 417 g/mol. The number of nitrogens with zero attached hydrogens (tertiary/aromatic N) is 2. The van der Waals surface area contributed by atoms with Gasteiger partial charge in [0.25, 0.3) is 5.91 Å². The van der Waals surface area contributed by atoms with E-state index in [9.17, 15) is 9.18 Å². The fraction of sp³-hybridized carbons (Fsp3) is 0.174. The lowest BCUT2D eigenvalue weighted by molar-refractivity contribution is 0.100. The molecule has 2 aromatic heterocycles. The van der Waals surface area contributed by atoms with Gasteiger partial charge in [-0.2, -0.15) is 0 Å². The molecule has 4 N–H and O–H groups in total.